The van der Waals surface area contributed by atoms with Crippen molar-refractivity contribution >= 4 is 5.91 Å². The topological polar surface area (TPSA) is 29.1 Å². The van der Waals surface area contributed by atoms with Gasteiger partial charge in [0.15, 0.2) is 0 Å². The van der Waals surface area contributed by atoms with Crippen molar-refractivity contribution in [2.45, 2.75) is 41.0 Å². The Bertz CT molecular complexity index is 245. The van der Waals surface area contributed by atoms with Crippen molar-refractivity contribution in [2.24, 2.45) is 0 Å². The Morgan fingerprint density at radius 2 is 1.80 bits per heavy atom. The van der Waals surface area contributed by atoms with Crippen molar-refractivity contribution in [1.82, 2.24) is 5.32 Å². The molecule has 0 saturated carbocycles. The highest BCUT2D eigenvalue weighted by Crippen LogP contribution is 1.89. The van der Waals surface area contributed by atoms with Crippen LogP contribution in [0.2, 0.25) is 0 Å². The molecule has 2 nitrogen and oxygen atoms in total. The van der Waals surface area contributed by atoms with Crippen LogP contribution >= 0.6 is 0 Å². The fourth-order valence-electron chi connectivity index (χ4n) is 0.683. The van der Waals surface area contributed by atoms with Crippen LogP contribution in [-0.4, -0.2) is 5.91 Å². The minimum Gasteiger partial charge on any atom is -0.333 e. The summed E-state index contributed by atoms with van der Waals surface area (Å²) >= 11 is 0. The summed E-state index contributed by atoms with van der Waals surface area (Å²) in [5, 5.41) is 2.52. The van der Waals surface area contributed by atoms with E-state index >= 15 is 0 Å². The second kappa shape index (κ2) is 10.8. The van der Waals surface area contributed by atoms with Crippen molar-refractivity contribution in [1.29, 1.82) is 0 Å². The van der Waals surface area contributed by atoms with Gasteiger partial charge in [0, 0.05) is 13.1 Å². The molecule has 2 heteroatoms. The number of amides is 1. The molecule has 0 fully saturated rings. The van der Waals surface area contributed by atoms with Gasteiger partial charge in [-0.3, -0.25) is 4.79 Å². The first-order chi connectivity index (χ1) is 6.93. The Kier molecular flexibility index (Phi) is 11.6. The highest BCUT2D eigenvalue weighted by atomic mass is 16.1. The van der Waals surface area contributed by atoms with Crippen molar-refractivity contribution in [2.75, 3.05) is 0 Å². The zero-order valence-electron chi connectivity index (χ0n) is 10.6. The van der Waals surface area contributed by atoms with E-state index in [1.165, 1.54) is 18.9 Å². The molecule has 0 rings (SSSR count). The molecule has 0 aliphatic rings. The van der Waals surface area contributed by atoms with Crippen LogP contribution in [0.5, 0.6) is 0 Å². The minimum atomic E-state index is -0.0591. The predicted molar refractivity (Wildman–Crippen MR) is 67.5 cm³/mol. The molecule has 1 amide bonds. The van der Waals surface area contributed by atoms with Crippen molar-refractivity contribution in [3.63, 3.8) is 0 Å². The Morgan fingerprint density at radius 3 is 2.00 bits per heavy atom. The number of hydrogen-bond acceptors (Lipinski definition) is 1. The van der Waals surface area contributed by atoms with Crippen LogP contribution in [0.15, 0.2) is 36.1 Å². The highest BCUT2D eigenvalue weighted by molar-refractivity contribution is 5.74. The highest BCUT2D eigenvalue weighted by Gasteiger charge is 1.82. The maximum absolute atomic E-state index is 10.3. The van der Waals surface area contributed by atoms with E-state index in [0.717, 1.165) is 5.57 Å². The summed E-state index contributed by atoms with van der Waals surface area (Å²) in [7, 11) is 0. The third-order valence-corrected chi connectivity index (χ3v) is 1.44. The lowest BCUT2D eigenvalue weighted by Gasteiger charge is -1.91. The number of allylic oxidation sites excluding steroid dienone is 4. The summed E-state index contributed by atoms with van der Waals surface area (Å²) in [6.45, 7) is 13.2. The van der Waals surface area contributed by atoms with Gasteiger partial charge < -0.3 is 5.32 Å². The summed E-state index contributed by atoms with van der Waals surface area (Å²) in [4.78, 5) is 10.3. The average molecular weight is 209 g/mol. The van der Waals surface area contributed by atoms with Gasteiger partial charge in [0.25, 0.3) is 0 Å². The molecule has 0 aliphatic carbocycles. The van der Waals surface area contributed by atoms with E-state index < -0.39 is 0 Å². The molecule has 0 radical (unpaired) electrons. The van der Waals surface area contributed by atoms with Crippen molar-refractivity contribution in [3.8, 4) is 0 Å². The Labute approximate surface area is 93.8 Å². The maximum Gasteiger partial charge on any atom is 0.220 e. The van der Waals surface area contributed by atoms with E-state index in [0.29, 0.717) is 0 Å². The van der Waals surface area contributed by atoms with Crippen LogP contribution in [0.3, 0.4) is 0 Å². The van der Waals surface area contributed by atoms with Crippen LogP contribution in [0, 0.1) is 0 Å². The molecule has 86 valence electrons. The van der Waals surface area contributed by atoms with Crippen LogP contribution < -0.4 is 5.32 Å². The second-order valence-corrected chi connectivity index (χ2v) is 3.48. The van der Waals surface area contributed by atoms with E-state index in [2.05, 4.69) is 38.7 Å². The molecule has 0 aromatic rings. The van der Waals surface area contributed by atoms with Crippen molar-refractivity contribution in [3.05, 3.63) is 36.1 Å². The number of carbonyl (C=O) groups is 1. The molecule has 0 aromatic heterocycles. The first kappa shape index (κ1) is 16.1. The molecule has 0 aromatic carbocycles. The van der Waals surface area contributed by atoms with Gasteiger partial charge in [-0.15, -0.1) is 0 Å². The molecular weight excluding hydrogens is 186 g/mol. The summed E-state index contributed by atoms with van der Waals surface area (Å²) in [6, 6.07) is 0. The molecule has 0 heterocycles. The Morgan fingerprint density at radius 1 is 1.27 bits per heavy atom. The number of nitrogens with one attached hydrogen (secondary N) is 1. The van der Waals surface area contributed by atoms with Gasteiger partial charge in [0.1, 0.15) is 0 Å². The van der Waals surface area contributed by atoms with Gasteiger partial charge in [0.05, 0.1) is 0 Å². The maximum atomic E-state index is 10.3. The number of rotatable bonds is 3. The molecule has 0 bridgehead atoms. The normalized spacial score (nSPS) is 9.53. The van der Waals surface area contributed by atoms with E-state index in [4.69, 9.17) is 0 Å². The van der Waals surface area contributed by atoms with Crippen LogP contribution in [0.25, 0.3) is 0 Å². The average Bonchev–Trinajstić information content (AvgIpc) is 2.14. The molecule has 0 unspecified atom stereocenters. The quantitative estimate of drug-likeness (QED) is 0.558. The third kappa shape index (κ3) is 19.2. The molecule has 15 heavy (non-hydrogen) atoms. The summed E-state index contributed by atoms with van der Waals surface area (Å²) in [5.41, 5.74) is 2.36. The number of carbonyl (C=O) groups excluding carboxylic acids is 1. The molecule has 1 N–H and O–H groups in total. The van der Waals surface area contributed by atoms with Crippen molar-refractivity contribution < 1.29 is 4.79 Å². The zero-order valence-corrected chi connectivity index (χ0v) is 10.6. The smallest absolute Gasteiger partial charge is 0.220 e. The summed E-state index contributed by atoms with van der Waals surface area (Å²) < 4.78 is 0. The largest absolute Gasteiger partial charge is 0.333 e. The molecule has 0 aliphatic heterocycles. The molecule has 0 atom stereocenters. The lowest BCUT2D eigenvalue weighted by molar-refractivity contribution is -0.118. The summed E-state index contributed by atoms with van der Waals surface area (Å²) in [5.74, 6) is -0.0591. The summed E-state index contributed by atoms with van der Waals surface area (Å²) in [6.07, 6.45) is 6.67. The van der Waals surface area contributed by atoms with E-state index in [1.54, 1.807) is 12.3 Å². The van der Waals surface area contributed by atoms with E-state index in [-0.39, 0.29) is 5.91 Å². The number of hydrogen-bond donors (Lipinski definition) is 1. The molecular formula is C13H23NO. The van der Waals surface area contributed by atoms with E-state index in [1.807, 2.05) is 6.92 Å². The standard InChI is InChI=1S/C7H11NO.C6H12/c1-4-6(2)5-8-7(3)9;1-4-5-6(2)3/h4-5H,1H2,2-3H3,(H,8,9);5H,4H2,1-3H3/b6-5+;. The second-order valence-electron chi connectivity index (χ2n) is 3.48. The van der Waals surface area contributed by atoms with Gasteiger partial charge in [0.2, 0.25) is 5.91 Å². The minimum absolute atomic E-state index is 0.0591. The molecule has 0 saturated heterocycles. The fourth-order valence-corrected chi connectivity index (χ4v) is 0.683. The van der Waals surface area contributed by atoms with Gasteiger partial charge in [-0.25, -0.2) is 0 Å². The first-order valence-corrected chi connectivity index (χ1v) is 5.13. The molecule has 0 spiro atoms. The third-order valence-electron chi connectivity index (χ3n) is 1.44. The lowest BCUT2D eigenvalue weighted by Crippen LogP contribution is -2.11. The Balaban J connectivity index is 0. The van der Waals surface area contributed by atoms with Crippen LogP contribution in [0.1, 0.15) is 41.0 Å². The van der Waals surface area contributed by atoms with Gasteiger partial charge in [-0.2, -0.15) is 0 Å². The first-order valence-electron chi connectivity index (χ1n) is 5.13. The predicted octanol–water partition coefficient (Wildman–Crippen LogP) is 3.57. The zero-order chi connectivity index (χ0) is 12.3. The van der Waals surface area contributed by atoms with Crippen LogP contribution in [0.4, 0.5) is 0 Å². The fraction of sp³-hybridized carbons (Fsp3) is 0.462. The van der Waals surface area contributed by atoms with Gasteiger partial charge >= 0.3 is 0 Å². The van der Waals surface area contributed by atoms with Gasteiger partial charge in [-0.05, 0) is 32.8 Å². The Hall–Kier alpha value is -1.31. The lowest BCUT2D eigenvalue weighted by atomic mass is 10.3. The van der Waals surface area contributed by atoms with Crippen LogP contribution in [-0.2, 0) is 4.79 Å². The SMILES string of the molecule is C=C/C(C)=C/NC(C)=O.CCC=C(C)C. The monoisotopic (exact) mass is 209 g/mol. The van der Waals surface area contributed by atoms with Gasteiger partial charge in [-0.1, -0.05) is 31.2 Å². The van der Waals surface area contributed by atoms with E-state index in [9.17, 15) is 4.79 Å².